The lowest BCUT2D eigenvalue weighted by atomic mass is 9.80. The maximum absolute atomic E-state index is 13.0. The first kappa shape index (κ1) is 21.5. The molecule has 1 N–H and O–H groups in total. The average molecular weight is 415 g/mol. The summed E-state index contributed by atoms with van der Waals surface area (Å²) >= 11 is 0. The van der Waals surface area contributed by atoms with Gasteiger partial charge >= 0.3 is 0 Å². The van der Waals surface area contributed by atoms with Crippen LogP contribution in [0.5, 0.6) is 0 Å². The number of benzene rings is 2. The number of amides is 1. The van der Waals surface area contributed by atoms with Crippen LogP contribution in [0.15, 0.2) is 47.4 Å². The van der Waals surface area contributed by atoms with Crippen LogP contribution in [-0.4, -0.2) is 31.7 Å². The van der Waals surface area contributed by atoms with Crippen LogP contribution < -0.4 is 5.32 Å². The molecule has 6 heteroatoms. The molecule has 3 rings (SSSR count). The summed E-state index contributed by atoms with van der Waals surface area (Å²) in [6, 6.07) is 13.5. The van der Waals surface area contributed by atoms with Gasteiger partial charge in [0.25, 0.3) is 0 Å². The van der Waals surface area contributed by atoms with Crippen LogP contribution >= 0.6 is 0 Å². The number of nitrogens with zero attached hydrogens (tertiary/aromatic N) is 1. The van der Waals surface area contributed by atoms with Crippen LogP contribution in [-0.2, 0) is 21.4 Å². The molecule has 0 radical (unpaired) electrons. The predicted molar refractivity (Wildman–Crippen MR) is 115 cm³/mol. The fourth-order valence-corrected chi connectivity index (χ4v) is 5.41. The fraction of sp³-hybridized carbons (Fsp3) is 0.435. The lowest BCUT2D eigenvalue weighted by Gasteiger charge is -2.37. The van der Waals surface area contributed by atoms with Gasteiger partial charge in [-0.1, -0.05) is 42.8 Å². The Labute approximate surface area is 174 Å². The third-order valence-corrected chi connectivity index (χ3v) is 7.66. The first-order valence-corrected chi connectivity index (χ1v) is 11.5. The molecule has 1 amide bonds. The second kappa shape index (κ2) is 8.28. The Balaban J connectivity index is 1.63. The zero-order chi connectivity index (χ0) is 21.2. The van der Waals surface area contributed by atoms with Crippen LogP contribution in [0.3, 0.4) is 0 Å². The van der Waals surface area contributed by atoms with Gasteiger partial charge in [-0.15, -0.1) is 0 Å². The molecule has 0 spiro atoms. The zero-order valence-corrected chi connectivity index (χ0v) is 18.5. The van der Waals surface area contributed by atoms with Crippen molar-refractivity contribution in [1.29, 1.82) is 0 Å². The molecular formula is C23H30N2O3S. The summed E-state index contributed by atoms with van der Waals surface area (Å²) in [4.78, 5) is 13.1. The van der Waals surface area contributed by atoms with Crippen molar-refractivity contribution in [2.75, 3.05) is 13.1 Å². The highest BCUT2D eigenvalue weighted by Crippen LogP contribution is 2.34. The summed E-state index contributed by atoms with van der Waals surface area (Å²) in [7, 11) is -3.54. The highest BCUT2D eigenvalue weighted by atomic mass is 32.2. The van der Waals surface area contributed by atoms with Gasteiger partial charge in [0.15, 0.2) is 0 Å². The van der Waals surface area contributed by atoms with Crippen molar-refractivity contribution >= 4 is 15.9 Å². The van der Waals surface area contributed by atoms with Crippen molar-refractivity contribution in [2.24, 2.45) is 5.41 Å². The average Bonchev–Trinajstić information content (AvgIpc) is 2.67. The largest absolute Gasteiger partial charge is 0.352 e. The summed E-state index contributed by atoms with van der Waals surface area (Å²) in [5.41, 5.74) is 3.55. The topological polar surface area (TPSA) is 66.5 Å². The molecule has 156 valence electrons. The summed E-state index contributed by atoms with van der Waals surface area (Å²) in [6.45, 7) is 8.95. The van der Waals surface area contributed by atoms with Gasteiger partial charge in [-0.2, -0.15) is 4.31 Å². The van der Waals surface area contributed by atoms with Gasteiger partial charge in [-0.05, 0) is 62.4 Å². The normalized spacial score (nSPS) is 17.1. The van der Waals surface area contributed by atoms with Gasteiger partial charge in [-0.25, -0.2) is 8.42 Å². The van der Waals surface area contributed by atoms with Crippen LogP contribution in [0.2, 0.25) is 0 Å². The number of carbonyl (C=O) groups excluding carboxylic acids is 1. The highest BCUT2D eigenvalue weighted by molar-refractivity contribution is 7.89. The molecule has 5 nitrogen and oxygen atoms in total. The summed E-state index contributed by atoms with van der Waals surface area (Å²) < 4.78 is 27.6. The molecule has 0 aromatic heterocycles. The SMILES string of the molecule is Cc1ccc(CNC(=O)C2(C)CCN(S(=O)(=O)c3cc(C)cc(C)c3)CC2)cc1. The van der Waals surface area contributed by atoms with Gasteiger partial charge in [0.05, 0.1) is 4.90 Å². The van der Waals surface area contributed by atoms with Crippen LogP contribution in [0.1, 0.15) is 42.0 Å². The van der Waals surface area contributed by atoms with Crippen LogP contribution in [0, 0.1) is 26.2 Å². The van der Waals surface area contributed by atoms with E-state index in [0.29, 0.717) is 37.4 Å². The number of carbonyl (C=O) groups is 1. The first-order chi connectivity index (χ1) is 13.6. The van der Waals surface area contributed by atoms with E-state index >= 15 is 0 Å². The lowest BCUT2D eigenvalue weighted by Crippen LogP contribution is -2.48. The zero-order valence-electron chi connectivity index (χ0n) is 17.7. The Morgan fingerprint density at radius 3 is 2.07 bits per heavy atom. The molecule has 0 bridgehead atoms. The van der Waals surface area contributed by atoms with Crippen LogP contribution in [0.4, 0.5) is 0 Å². The molecular weight excluding hydrogens is 384 g/mol. The van der Waals surface area contributed by atoms with E-state index in [2.05, 4.69) is 5.32 Å². The molecule has 2 aromatic rings. The van der Waals surface area contributed by atoms with Gasteiger partial charge < -0.3 is 5.32 Å². The minimum atomic E-state index is -3.54. The molecule has 1 fully saturated rings. The van der Waals surface area contributed by atoms with Gasteiger partial charge in [-0.3, -0.25) is 4.79 Å². The molecule has 2 aromatic carbocycles. The standard InChI is InChI=1S/C23H30N2O3S/c1-17-5-7-20(8-6-17)16-24-22(26)23(4)9-11-25(12-10-23)29(27,28)21-14-18(2)13-19(3)15-21/h5-8,13-15H,9-12,16H2,1-4H3,(H,24,26). The molecule has 1 heterocycles. The molecule has 0 aliphatic carbocycles. The molecule has 1 saturated heterocycles. The Morgan fingerprint density at radius 1 is 0.966 bits per heavy atom. The summed E-state index contributed by atoms with van der Waals surface area (Å²) in [5.74, 6) is -0.0125. The number of sulfonamides is 1. The van der Waals surface area contributed by atoms with Gasteiger partial charge in [0.2, 0.25) is 15.9 Å². The van der Waals surface area contributed by atoms with Gasteiger partial charge in [0.1, 0.15) is 0 Å². The van der Waals surface area contributed by atoms with Crippen molar-refractivity contribution in [3.05, 3.63) is 64.7 Å². The second-order valence-electron chi connectivity index (χ2n) is 8.46. The molecule has 0 saturated carbocycles. The number of hydrogen-bond donors (Lipinski definition) is 1. The predicted octanol–water partition coefficient (Wildman–Crippen LogP) is 3.72. The number of aryl methyl sites for hydroxylation is 3. The van der Waals surface area contributed by atoms with Crippen LogP contribution in [0.25, 0.3) is 0 Å². The Morgan fingerprint density at radius 2 is 1.52 bits per heavy atom. The van der Waals surface area contributed by atoms with E-state index in [9.17, 15) is 13.2 Å². The fourth-order valence-electron chi connectivity index (χ4n) is 3.78. The van der Waals surface area contributed by atoms with Crippen molar-refractivity contribution in [3.8, 4) is 0 Å². The van der Waals surface area contributed by atoms with E-state index in [1.807, 2.05) is 58.0 Å². The van der Waals surface area contributed by atoms with Crippen molar-refractivity contribution in [3.63, 3.8) is 0 Å². The molecule has 1 aliphatic heterocycles. The van der Waals surface area contributed by atoms with Crippen molar-refractivity contribution in [1.82, 2.24) is 9.62 Å². The van der Waals surface area contributed by atoms with E-state index in [0.717, 1.165) is 16.7 Å². The molecule has 29 heavy (non-hydrogen) atoms. The number of rotatable bonds is 5. The van der Waals surface area contributed by atoms with Crippen molar-refractivity contribution in [2.45, 2.75) is 52.0 Å². The Bertz CT molecular complexity index is 969. The summed E-state index contributed by atoms with van der Waals surface area (Å²) in [5, 5.41) is 3.02. The highest BCUT2D eigenvalue weighted by Gasteiger charge is 2.40. The third kappa shape index (κ3) is 4.87. The maximum atomic E-state index is 13.0. The minimum absolute atomic E-state index is 0.0125. The Hall–Kier alpha value is -2.18. The van der Waals surface area contributed by atoms with E-state index in [1.165, 1.54) is 9.87 Å². The van der Waals surface area contributed by atoms with E-state index in [4.69, 9.17) is 0 Å². The maximum Gasteiger partial charge on any atom is 0.243 e. The minimum Gasteiger partial charge on any atom is -0.352 e. The number of piperidine rings is 1. The van der Waals surface area contributed by atoms with E-state index in [-0.39, 0.29) is 5.91 Å². The number of hydrogen-bond acceptors (Lipinski definition) is 3. The van der Waals surface area contributed by atoms with E-state index in [1.54, 1.807) is 12.1 Å². The smallest absolute Gasteiger partial charge is 0.243 e. The lowest BCUT2D eigenvalue weighted by molar-refractivity contribution is -0.132. The quantitative estimate of drug-likeness (QED) is 0.811. The first-order valence-electron chi connectivity index (χ1n) is 10.0. The van der Waals surface area contributed by atoms with E-state index < -0.39 is 15.4 Å². The van der Waals surface area contributed by atoms with Gasteiger partial charge in [0, 0.05) is 25.0 Å². The number of nitrogens with one attached hydrogen (secondary N) is 1. The Kier molecular flexibility index (Phi) is 6.15. The van der Waals surface area contributed by atoms with Crippen molar-refractivity contribution < 1.29 is 13.2 Å². The molecule has 1 aliphatic rings. The monoisotopic (exact) mass is 414 g/mol. The molecule has 0 unspecified atom stereocenters. The molecule has 0 atom stereocenters. The second-order valence-corrected chi connectivity index (χ2v) is 10.4. The third-order valence-electron chi connectivity index (χ3n) is 5.78. The summed E-state index contributed by atoms with van der Waals surface area (Å²) in [6.07, 6.45) is 1.02.